The second-order valence-corrected chi connectivity index (χ2v) is 2.76. The Morgan fingerprint density at radius 2 is 2.20 bits per heavy atom. The lowest BCUT2D eigenvalue weighted by molar-refractivity contribution is 0.0693. The van der Waals surface area contributed by atoms with Gasteiger partial charge in [-0.2, -0.15) is 0 Å². The number of benzene rings is 1. The molecule has 0 radical (unpaired) electrons. The van der Waals surface area contributed by atoms with Gasteiger partial charge in [0, 0.05) is 0 Å². The average Bonchev–Trinajstić information content (AvgIpc) is 2.20. The smallest absolute Gasteiger partial charge is 0.339 e. The molecule has 0 fully saturated rings. The molecule has 0 aliphatic heterocycles. The fraction of sp³-hybridized carbons (Fsp3) is 0.200. The zero-order valence-corrected chi connectivity index (χ0v) is 8.06. The van der Waals surface area contributed by atoms with Gasteiger partial charge in [0.1, 0.15) is 17.1 Å². The summed E-state index contributed by atoms with van der Waals surface area (Å²) in [6.45, 7) is 2.08. The van der Waals surface area contributed by atoms with E-state index >= 15 is 0 Å². The van der Waals surface area contributed by atoms with Crippen molar-refractivity contribution < 1.29 is 24.5 Å². The third kappa shape index (κ3) is 2.25. The molecule has 0 amide bonds. The van der Waals surface area contributed by atoms with E-state index in [9.17, 15) is 14.7 Å². The van der Waals surface area contributed by atoms with Gasteiger partial charge in [-0.3, -0.25) is 4.79 Å². The number of carbonyl (C=O) groups is 2. The first kappa shape index (κ1) is 11.0. The zero-order valence-electron chi connectivity index (χ0n) is 8.06. The number of aromatic carboxylic acids is 1. The lowest BCUT2D eigenvalue weighted by Gasteiger charge is -2.07. The Morgan fingerprint density at radius 3 is 2.67 bits per heavy atom. The quantitative estimate of drug-likeness (QED) is 0.732. The third-order valence-electron chi connectivity index (χ3n) is 1.78. The molecule has 1 aromatic rings. The second-order valence-electron chi connectivity index (χ2n) is 2.76. The van der Waals surface area contributed by atoms with Crippen molar-refractivity contribution in [2.75, 3.05) is 6.61 Å². The molecular weight excluding hydrogens is 200 g/mol. The van der Waals surface area contributed by atoms with Crippen molar-refractivity contribution in [2.24, 2.45) is 0 Å². The summed E-state index contributed by atoms with van der Waals surface area (Å²) >= 11 is 0. The predicted molar refractivity (Wildman–Crippen MR) is 51.6 cm³/mol. The van der Waals surface area contributed by atoms with Gasteiger partial charge in [-0.25, -0.2) is 4.79 Å². The number of rotatable bonds is 4. The van der Waals surface area contributed by atoms with Crippen LogP contribution in [0.3, 0.4) is 0 Å². The molecular formula is C10H10O5. The molecule has 80 valence electrons. The highest BCUT2D eigenvalue weighted by atomic mass is 16.5. The number of aromatic hydroxyl groups is 1. The van der Waals surface area contributed by atoms with Crippen molar-refractivity contribution in [1.29, 1.82) is 0 Å². The van der Waals surface area contributed by atoms with Gasteiger partial charge >= 0.3 is 5.97 Å². The van der Waals surface area contributed by atoms with Gasteiger partial charge in [0.2, 0.25) is 0 Å². The Morgan fingerprint density at radius 1 is 1.53 bits per heavy atom. The maximum absolute atomic E-state index is 10.7. The van der Waals surface area contributed by atoms with Crippen LogP contribution in [0.2, 0.25) is 0 Å². The van der Waals surface area contributed by atoms with Gasteiger partial charge in [-0.1, -0.05) is 0 Å². The first-order valence-electron chi connectivity index (χ1n) is 4.28. The molecule has 0 saturated heterocycles. The molecule has 15 heavy (non-hydrogen) atoms. The largest absolute Gasteiger partial charge is 0.506 e. The normalized spacial score (nSPS) is 9.67. The van der Waals surface area contributed by atoms with Crippen molar-refractivity contribution in [3.63, 3.8) is 0 Å². The molecule has 1 rings (SSSR count). The molecule has 0 aliphatic carbocycles. The summed E-state index contributed by atoms with van der Waals surface area (Å²) in [7, 11) is 0. The van der Waals surface area contributed by atoms with Crippen molar-refractivity contribution in [1.82, 2.24) is 0 Å². The number of carboxylic acid groups (broad SMARTS) is 1. The highest BCUT2D eigenvalue weighted by molar-refractivity contribution is 5.95. The Bertz CT molecular complexity index is 397. The summed E-state index contributed by atoms with van der Waals surface area (Å²) in [6, 6.07) is 2.46. The highest BCUT2D eigenvalue weighted by Gasteiger charge is 2.15. The zero-order chi connectivity index (χ0) is 11.4. The number of hydrogen-bond donors (Lipinski definition) is 2. The van der Waals surface area contributed by atoms with E-state index in [0.717, 1.165) is 0 Å². The second kappa shape index (κ2) is 4.45. The summed E-state index contributed by atoms with van der Waals surface area (Å²) in [5.41, 5.74) is -0.443. The average molecular weight is 210 g/mol. The number of ether oxygens (including phenoxy) is 1. The molecule has 2 N–H and O–H groups in total. The van der Waals surface area contributed by atoms with Crippen molar-refractivity contribution >= 4 is 12.3 Å². The summed E-state index contributed by atoms with van der Waals surface area (Å²) in [5.74, 6) is -1.60. The van der Waals surface area contributed by atoms with E-state index < -0.39 is 11.7 Å². The van der Waals surface area contributed by atoms with Crippen LogP contribution < -0.4 is 4.74 Å². The molecule has 0 aromatic heterocycles. The molecule has 0 bridgehead atoms. The monoisotopic (exact) mass is 210 g/mol. The predicted octanol–water partition coefficient (Wildman–Crippen LogP) is 1.30. The first-order valence-corrected chi connectivity index (χ1v) is 4.28. The number of carboxylic acids is 1. The summed E-state index contributed by atoms with van der Waals surface area (Å²) in [6.07, 6.45) is 0.379. The van der Waals surface area contributed by atoms with Crippen LogP contribution >= 0.6 is 0 Å². The van der Waals surface area contributed by atoms with Crippen LogP contribution in [0.4, 0.5) is 0 Å². The molecule has 0 saturated carbocycles. The Balaban J connectivity index is 3.31. The van der Waals surface area contributed by atoms with Gasteiger partial charge in [0.05, 0.1) is 12.2 Å². The van der Waals surface area contributed by atoms with E-state index in [1.54, 1.807) is 6.92 Å². The maximum Gasteiger partial charge on any atom is 0.339 e. The molecule has 0 unspecified atom stereocenters. The van der Waals surface area contributed by atoms with Crippen molar-refractivity contribution in [3.8, 4) is 11.5 Å². The topological polar surface area (TPSA) is 83.8 Å². The summed E-state index contributed by atoms with van der Waals surface area (Å²) in [4.78, 5) is 21.3. The van der Waals surface area contributed by atoms with Crippen LogP contribution in [0.15, 0.2) is 12.1 Å². The van der Waals surface area contributed by atoms with E-state index in [-0.39, 0.29) is 16.9 Å². The number of carbonyl (C=O) groups excluding carboxylic acids is 1. The molecule has 0 atom stereocenters. The Hall–Kier alpha value is -2.04. The summed E-state index contributed by atoms with van der Waals surface area (Å²) < 4.78 is 5.06. The molecule has 0 spiro atoms. The summed E-state index contributed by atoms with van der Waals surface area (Å²) in [5, 5.41) is 18.1. The van der Waals surface area contributed by atoms with Gasteiger partial charge < -0.3 is 14.9 Å². The minimum Gasteiger partial charge on any atom is -0.506 e. The van der Waals surface area contributed by atoms with Gasteiger partial charge in [0.25, 0.3) is 0 Å². The van der Waals surface area contributed by atoms with Crippen LogP contribution in [0.5, 0.6) is 11.5 Å². The van der Waals surface area contributed by atoms with E-state index in [1.807, 2.05) is 0 Å². The van der Waals surface area contributed by atoms with Crippen LogP contribution in [-0.2, 0) is 0 Å². The lowest BCUT2D eigenvalue weighted by atomic mass is 10.1. The van der Waals surface area contributed by atoms with Crippen molar-refractivity contribution in [3.05, 3.63) is 23.3 Å². The van der Waals surface area contributed by atoms with E-state index in [0.29, 0.717) is 12.9 Å². The molecule has 5 nitrogen and oxygen atoms in total. The first-order chi connectivity index (χ1) is 7.10. The van der Waals surface area contributed by atoms with Crippen LogP contribution in [-0.4, -0.2) is 29.1 Å². The maximum atomic E-state index is 10.7. The van der Waals surface area contributed by atoms with Crippen LogP contribution in [0.1, 0.15) is 27.6 Å². The number of aldehydes is 1. The van der Waals surface area contributed by atoms with E-state index in [2.05, 4.69) is 0 Å². The molecule has 0 heterocycles. The molecule has 1 aromatic carbocycles. The lowest BCUT2D eigenvalue weighted by Crippen LogP contribution is -2.01. The highest BCUT2D eigenvalue weighted by Crippen LogP contribution is 2.27. The standard InChI is InChI=1S/C10H10O5/c1-2-15-7-3-6(5-11)9(12)8(4-7)10(13)14/h3-5,12H,2H2,1H3,(H,13,14). The minimum atomic E-state index is -1.31. The van der Waals surface area contributed by atoms with E-state index in [1.165, 1.54) is 12.1 Å². The third-order valence-corrected chi connectivity index (χ3v) is 1.78. The SMILES string of the molecule is CCOc1cc(C=O)c(O)c(C(=O)O)c1. The Labute approximate surface area is 85.9 Å². The van der Waals surface area contributed by atoms with E-state index in [4.69, 9.17) is 9.84 Å². The number of phenols is 1. The fourth-order valence-corrected chi connectivity index (χ4v) is 1.13. The minimum absolute atomic E-state index is 0.0987. The van der Waals surface area contributed by atoms with Gasteiger partial charge in [-0.05, 0) is 19.1 Å². The van der Waals surface area contributed by atoms with Crippen LogP contribution in [0, 0.1) is 0 Å². The Kier molecular flexibility index (Phi) is 3.28. The van der Waals surface area contributed by atoms with Crippen molar-refractivity contribution in [2.45, 2.75) is 6.92 Å². The fourth-order valence-electron chi connectivity index (χ4n) is 1.13. The number of hydrogen-bond acceptors (Lipinski definition) is 4. The molecule has 0 aliphatic rings. The van der Waals surface area contributed by atoms with Gasteiger partial charge in [0.15, 0.2) is 6.29 Å². The van der Waals surface area contributed by atoms with Crippen LogP contribution in [0.25, 0.3) is 0 Å². The van der Waals surface area contributed by atoms with Gasteiger partial charge in [-0.15, -0.1) is 0 Å². The molecule has 5 heteroatoms.